The first-order chi connectivity index (χ1) is 10.2. The van der Waals surface area contributed by atoms with E-state index >= 15 is 0 Å². The van der Waals surface area contributed by atoms with Crippen LogP contribution in [0, 0.1) is 0 Å². The number of nitrogens with zero attached hydrogens (tertiary/aromatic N) is 2. The van der Waals surface area contributed by atoms with Crippen LogP contribution in [-0.2, 0) is 4.74 Å². The van der Waals surface area contributed by atoms with Gasteiger partial charge in [0.15, 0.2) is 0 Å². The van der Waals surface area contributed by atoms with Gasteiger partial charge in [-0.1, -0.05) is 6.07 Å². The van der Waals surface area contributed by atoms with Gasteiger partial charge in [0.25, 0.3) is 0 Å². The first-order valence-electron chi connectivity index (χ1n) is 6.64. The number of anilines is 1. The summed E-state index contributed by atoms with van der Waals surface area (Å²) in [7, 11) is -1.66. The molecule has 0 saturated heterocycles. The van der Waals surface area contributed by atoms with E-state index in [9.17, 15) is 14.8 Å². The SMILES string of the molecule is CSc1nn2c(B(O)O)cccc2c1NC(=O)OC(C)(C)C. The zero-order valence-corrected chi connectivity index (χ0v) is 13.6. The molecule has 0 aliphatic heterocycles. The fourth-order valence-corrected chi connectivity index (χ4v) is 2.45. The van der Waals surface area contributed by atoms with E-state index in [1.165, 1.54) is 16.3 Å². The summed E-state index contributed by atoms with van der Waals surface area (Å²) in [6, 6.07) is 4.94. The molecular formula is C13H18BN3O4S. The van der Waals surface area contributed by atoms with Crippen molar-refractivity contribution in [3.63, 3.8) is 0 Å². The van der Waals surface area contributed by atoms with Crippen LogP contribution in [0.3, 0.4) is 0 Å². The summed E-state index contributed by atoms with van der Waals surface area (Å²) in [5, 5.41) is 26.3. The number of rotatable bonds is 3. The second kappa shape index (κ2) is 6.19. The lowest BCUT2D eigenvalue weighted by molar-refractivity contribution is 0.0635. The van der Waals surface area contributed by atoms with Gasteiger partial charge in [-0.2, -0.15) is 5.10 Å². The Morgan fingerprint density at radius 3 is 2.64 bits per heavy atom. The Morgan fingerprint density at radius 1 is 1.41 bits per heavy atom. The van der Waals surface area contributed by atoms with Gasteiger partial charge < -0.3 is 14.8 Å². The summed E-state index contributed by atoms with van der Waals surface area (Å²) in [4.78, 5) is 12.0. The van der Waals surface area contributed by atoms with Crippen molar-refractivity contribution in [2.24, 2.45) is 0 Å². The summed E-state index contributed by atoms with van der Waals surface area (Å²) in [5.41, 5.74) is 0.633. The van der Waals surface area contributed by atoms with E-state index in [0.717, 1.165) is 0 Å². The number of aromatic nitrogens is 2. The molecule has 118 valence electrons. The standard InChI is InChI=1S/C13H18BN3O4S/c1-13(2,3)21-12(18)15-10-8-6-5-7-9(14(19)20)17(8)16-11(10)22-4/h5-7,19-20H,1-4H3,(H,15,18). The molecule has 0 aliphatic rings. The van der Waals surface area contributed by atoms with Crippen LogP contribution in [-0.4, -0.2) is 44.7 Å². The highest BCUT2D eigenvalue weighted by atomic mass is 32.2. The Kier molecular flexibility index (Phi) is 4.69. The van der Waals surface area contributed by atoms with Crippen molar-refractivity contribution >= 4 is 41.8 Å². The molecule has 2 aromatic rings. The first kappa shape index (κ1) is 16.7. The van der Waals surface area contributed by atoms with E-state index in [1.807, 2.05) is 6.26 Å². The summed E-state index contributed by atoms with van der Waals surface area (Å²) in [5.74, 6) is 0. The van der Waals surface area contributed by atoms with E-state index in [-0.39, 0.29) is 5.59 Å². The van der Waals surface area contributed by atoms with Crippen LogP contribution < -0.4 is 10.9 Å². The molecule has 2 aromatic heterocycles. The van der Waals surface area contributed by atoms with E-state index < -0.39 is 18.8 Å². The van der Waals surface area contributed by atoms with Gasteiger partial charge >= 0.3 is 13.2 Å². The van der Waals surface area contributed by atoms with Crippen LogP contribution in [0.25, 0.3) is 5.52 Å². The molecule has 2 heterocycles. The zero-order valence-electron chi connectivity index (χ0n) is 12.8. The lowest BCUT2D eigenvalue weighted by atomic mass is 9.85. The van der Waals surface area contributed by atoms with E-state index in [0.29, 0.717) is 16.2 Å². The number of hydrogen-bond donors (Lipinski definition) is 3. The van der Waals surface area contributed by atoms with Crippen LogP contribution in [0.4, 0.5) is 10.5 Å². The molecule has 0 atom stereocenters. The molecule has 0 radical (unpaired) electrons. The van der Waals surface area contributed by atoms with Gasteiger partial charge in [-0.25, -0.2) is 9.31 Å². The molecule has 7 nitrogen and oxygen atoms in total. The van der Waals surface area contributed by atoms with Crippen molar-refractivity contribution in [2.45, 2.75) is 31.4 Å². The fraction of sp³-hybridized carbons (Fsp3) is 0.385. The fourth-order valence-electron chi connectivity index (χ4n) is 1.93. The summed E-state index contributed by atoms with van der Waals surface area (Å²) < 4.78 is 6.63. The largest absolute Gasteiger partial charge is 0.508 e. The number of thioether (sulfide) groups is 1. The molecule has 22 heavy (non-hydrogen) atoms. The van der Waals surface area contributed by atoms with Crippen molar-refractivity contribution in [2.75, 3.05) is 11.6 Å². The van der Waals surface area contributed by atoms with Crippen molar-refractivity contribution in [3.8, 4) is 0 Å². The monoisotopic (exact) mass is 323 g/mol. The third-order valence-electron chi connectivity index (χ3n) is 2.74. The molecule has 0 bridgehead atoms. The molecule has 0 aromatic carbocycles. The lowest BCUT2D eigenvalue weighted by Gasteiger charge is -2.19. The molecule has 2 rings (SSSR count). The van der Waals surface area contributed by atoms with Gasteiger partial charge in [0.1, 0.15) is 16.3 Å². The molecular weight excluding hydrogens is 305 g/mol. The molecule has 0 fully saturated rings. The van der Waals surface area contributed by atoms with Crippen molar-refractivity contribution < 1.29 is 19.6 Å². The lowest BCUT2D eigenvalue weighted by Crippen LogP contribution is -2.35. The quantitative estimate of drug-likeness (QED) is 0.578. The molecule has 0 saturated carbocycles. The highest BCUT2D eigenvalue weighted by Crippen LogP contribution is 2.29. The Labute approximate surface area is 132 Å². The second-order valence-electron chi connectivity index (χ2n) is 5.63. The summed E-state index contributed by atoms with van der Waals surface area (Å²) in [6.45, 7) is 5.33. The minimum Gasteiger partial charge on any atom is -0.444 e. The average molecular weight is 323 g/mol. The molecule has 0 spiro atoms. The Hall–Kier alpha value is -1.71. The first-order valence-corrected chi connectivity index (χ1v) is 7.87. The smallest absolute Gasteiger partial charge is 0.444 e. The highest BCUT2D eigenvalue weighted by molar-refractivity contribution is 7.98. The van der Waals surface area contributed by atoms with Crippen LogP contribution in [0.1, 0.15) is 20.8 Å². The minimum absolute atomic E-state index is 0.213. The maximum atomic E-state index is 12.0. The van der Waals surface area contributed by atoms with Gasteiger partial charge in [-0.05, 0) is 39.2 Å². The molecule has 3 N–H and O–H groups in total. The number of carbonyl (C=O) groups excluding carboxylic acids is 1. The van der Waals surface area contributed by atoms with Gasteiger partial charge in [0, 0.05) is 0 Å². The second-order valence-corrected chi connectivity index (χ2v) is 6.43. The van der Waals surface area contributed by atoms with Crippen LogP contribution >= 0.6 is 11.8 Å². The van der Waals surface area contributed by atoms with Gasteiger partial charge in [-0.15, -0.1) is 11.8 Å². The van der Waals surface area contributed by atoms with E-state index in [2.05, 4.69) is 10.4 Å². The number of carbonyl (C=O) groups is 1. The van der Waals surface area contributed by atoms with Crippen molar-refractivity contribution in [3.05, 3.63) is 18.2 Å². The molecule has 0 unspecified atom stereocenters. The van der Waals surface area contributed by atoms with E-state index in [4.69, 9.17) is 4.74 Å². The third-order valence-corrected chi connectivity index (χ3v) is 3.41. The zero-order chi connectivity index (χ0) is 16.5. The normalized spacial score (nSPS) is 11.5. The van der Waals surface area contributed by atoms with Crippen LogP contribution in [0.5, 0.6) is 0 Å². The number of nitrogens with one attached hydrogen (secondary N) is 1. The van der Waals surface area contributed by atoms with Gasteiger partial charge in [0.2, 0.25) is 0 Å². The third kappa shape index (κ3) is 3.54. The number of ether oxygens (including phenoxy) is 1. The van der Waals surface area contributed by atoms with Gasteiger partial charge in [-0.3, -0.25) is 5.32 Å². The molecule has 9 heteroatoms. The van der Waals surface area contributed by atoms with E-state index in [1.54, 1.807) is 39.0 Å². The summed E-state index contributed by atoms with van der Waals surface area (Å²) in [6.07, 6.45) is 1.23. The Morgan fingerprint density at radius 2 is 2.09 bits per heavy atom. The number of amides is 1. The average Bonchev–Trinajstić information content (AvgIpc) is 2.74. The van der Waals surface area contributed by atoms with Gasteiger partial charge in [0.05, 0.1) is 11.1 Å². The maximum Gasteiger partial charge on any atom is 0.508 e. The maximum absolute atomic E-state index is 12.0. The predicted octanol–water partition coefficient (Wildman–Crippen LogP) is 1.08. The molecule has 1 amide bonds. The number of hydrogen-bond acceptors (Lipinski definition) is 6. The molecule has 0 aliphatic carbocycles. The summed E-state index contributed by atoms with van der Waals surface area (Å²) >= 11 is 1.34. The Balaban J connectivity index is 2.45. The van der Waals surface area contributed by atoms with Crippen LogP contribution in [0.2, 0.25) is 0 Å². The number of fused-ring (bicyclic) bond motifs is 1. The number of pyridine rings is 1. The van der Waals surface area contributed by atoms with Crippen LogP contribution in [0.15, 0.2) is 23.2 Å². The predicted molar refractivity (Wildman–Crippen MR) is 86.7 cm³/mol. The Bertz CT molecular complexity index is 696. The van der Waals surface area contributed by atoms with Crippen molar-refractivity contribution in [1.82, 2.24) is 9.61 Å². The highest BCUT2D eigenvalue weighted by Gasteiger charge is 2.23. The minimum atomic E-state index is -1.66. The topological polar surface area (TPSA) is 96.1 Å². The van der Waals surface area contributed by atoms with Crippen molar-refractivity contribution in [1.29, 1.82) is 0 Å².